The zero-order valence-corrected chi connectivity index (χ0v) is 16.8. The van der Waals surface area contributed by atoms with E-state index in [2.05, 4.69) is 15.1 Å². The fraction of sp³-hybridized carbons (Fsp3) is 0.789. The van der Waals surface area contributed by atoms with Crippen LogP contribution in [0.3, 0.4) is 0 Å². The topological polar surface area (TPSA) is 81.7 Å². The number of hydrogen-bond donors (Lipinski definition) is 2. The first-order chi connectivity index (χ1) is 12.2. The van der Waals surface area contributed by atoms with Gasteiger partial charge in [0.1, 0.15) is 5.60 Å². The Labute approximate surface area is 156 Å². The number of aromatic nitrogens is 2. The van der Waals surface area contributed by atoms with E-state index in [0.29, 0.717) is 12.5 Å². The van der Waals surface area contributed by atoms with Crippen LogP contribution in [0, 0.1) is 0 Å². The molecule has 1 aliphatic carbocycles. The number of nitrogens with zero attached hydrogens (tertiary/aromatic N) is 3. The second-order valence-electron chi connectivity index (χ2n) is 8.44. The van der Waals surface area contributed by atoms with Crippen molar-refractivity contribution < 1.29 is 14.6 Å². The van der Waals surface area contributed by atoms with E-state index in [0.717, 1.165) is 44.5 Å². The molecule has 2 N–H and O–H groups in total. The number of rotatable bonds is 6. The smallest absolute Gasteiger partial charge is 0.410 e. The van der Waals surface area contributed by atoms with Gasteiger partial charge in [0, 0.05) is 44.4 Å². The lowest BCUT2D eigenvalue weighted by Crippen LogP contribution is -2.38. The van der Waals surface area contributed by atoms with E-state index in [1.165, 1.54) is 5.56 Å². The molecule has 0 aromatic carbocycles. The van der Waals surface area contributed by atoms with E-state index in [9.17, 15) is 9.90 Å². The fourth-order valence-corrected chi connectivity index (χ4v) is 3.28. The Kier molecular flexibility index (Phi) is 7.06. The third-order valence-electron chi connectivity index (χ3n) is 4.80. The minimum atomic E-state index is -0.476. The van der Waals surface area contributed by atoms with Crippen LogP contribution < -0.4 is 0 Å². The van der Waals surface area contributed by atoms with E-state index in [1.807, 2.05) is 34.0 Å². The summed E-state index contributed by atoms with van der Waals surface area (Å²) in [5.41, 5.74) is 1.86. The van der Waals surface area contributed by atoms with Gasteiger partial charge >= 0.3 is 6.09 Å². The van der Waals surface area contributed by atoms with Crippen molar-refractivity contribution in [1.29, 1.82) is 0 Å². The molecule has 1 aliphatic rings. The molecule has 1 fully saturated rings. The minimum Gasteiger partial charge on any atom is -0.444 e. The molecule has 2 rings (SSSR count). The highest BCUT2D eigenvalue weighted by Gasteiger charge is 2.25. The number of carbonyl (C=O) groups is 1. The summed E-state index contributed by atoms with van der Waals surface area (Å²) >= 11 is 0. The Balaban J connectivity index is 1.82. The van der Waals surface area contributed by atoms with Crippen molar-refractivity contribution in [3.05, 3.63) is 17.5 Å². The molecule has 1 amide bonds. The van der Waals surface area contributed by atoms with Gasteiger partial charge < -0.3 is 19.6 Å². The molecule has 0 radical (unpaired) electrons. The van der Waals surface area contributed by atoms with E-state index in [4.69, 9.17) is 4.74 Å². The second kappa shape index (κ2) is 8.86. The molecule has 1 aromatic heterocycles. The largest absolute Gasteiger partial charge is 0.444 e. The standard InChI is InChI=1S/C19H34N4O3/c1-19(2,3)26-18(25)23(5)11-10-22(4)13-15-12-20-21-17(15)14-6-8-16(24)9-7-14/h12,14,16,24H,6-11,13H2,1-5H3,(H,20,21)/t14-,16+. The molecular weight excluding hydrogens is 332 g/mol. The summed E-state index contributed by atoms with van der Waals surface area (Å²) in [5.74, 6) is 0.428. The van der Waals surface area contributed by atoms with Gasteiger partial charge in [0.15, 0.2) is 0 Å². The number of likely N-dealkylation sites (N-methyl/N-ethyl adjacent to an activating group) is 2. The molecule has 1 aromatic rings. The number of aliphatic hydroxyl groups excluding tert-OH is 1. The van der Waals surface area contributed by atoms with Crippen LogP contribution in [0.2, 0.25) is 0 Å². The van der Waals surface area contributed by atoms with Gasteiger partial charge in [-0.2, -0.15) is 5.10 Å². The Morgan fingerprint density at radius 3 is 2.54 bits per heavy atom. The average molecular weight is 367 g/mol. The van der Waals surface area contributed by atoms with Gasteiger partial charge in [0.25, 0.3) is 0 Å². The highest BCUT2D eigenvalue weighted by Crippen LogP contribution is 2.33. The van der Waals surface area contributed by atoms with Crippen molar-refractivity contribution in [2.24, 2.45) is 0 Å². The maximum absolute atomic E-state index is 12.0. The Morgan fingerprint density at radius 1 is 1.27 bits per heavy atom. The molecular formula is C19H34N4O3. The van der Waals surface area contributed by atoms with E-state index >= 15 is 0 Å². The molecule has 0 bridgehead atoms. The Morgan fingerprint density at radius 2 is 1.92 bits per heavy atom. The molecule has 7 nitrogen and oxygen atoms in total. The zero-order chi connectivity index (χ0) is 19.3. The molecule has 1 heterocycles. The van der Waals surface area contributed by atoms with Crippen LogP contribution in [0.1, 0.15) is 63.6 Å². The summed E-state index contributed by atoms with van der Waals surface area (Å²) in [6, 6.07) is 0. The first-order valence-corrected chi connectivity index (χ1v) is 9.49. The molecule has 7 heteroatoms. The lowest BCUT2D eigenvalue weighted by molar-refractivity contribution is 0.0286. The maximum atomic E-state index is 12.0. The van der Waals surface area contributed by atoms with Crippen molar-refractivity contribution >= 4 is 6.09 Å². The summed E-state index contributed by atoms with van der Waals surface area (Å²) < 4.78 is 5.38. The summed E-state index contributed by atoms with van der Waals surface area (Å²) in [6.45, 7) is 7.76. The lowest BCUT2D eigenvalue weighted by Gasteiger charge is -2.27. The van der Waals surface area contributed by atoms with E-state index < -0.39 is 5.60 Å². The first kappa shape index (κ1) is 20.7. The molecule has 0 atom stereocenters. The number of hydrogen-bond acceptors (Lipinski definition) is 5. The predicted octanol–water partition coefficient (Wildman–Crippen LogP) is 2.73. The van der Waals surface area contributed by atoms with Crippen LogP contribution in [0.5, 0.6) is 0 Å². The number of aromatic amines is 1. The van der Waals surface area contributed by atoms with Crippen LogP contribution >= 0.6 is 0 Å². The van der Waals surface area contributed by atoms with E-state index in [1.54, 1.807) is 11.9 Å². The van der Waals surface area contributed by atoms with Gasteiger partial charge in [-0.1, -0.05) is 0 Å². The van der Waals surface area contributed by atoms with Gasteiger partial charge in [-0.05, 0) is 53.5 Å². The van der Waals surface area contributed by atoms with Crippen molar-refractivity contribution in [2.45, 2.75) is 70.6 Å². The predicted molar refractivity (Wildman–Crippen MR) is 101 cm³/mol. The fourth-order valence-electron chi connectivity index (χ4n) is 3.28. The third-order valence-corrected chi connectivity index (χ3v) is 4.80. The van der Waals surface area contributed by atoms with Crippen LogP contribution in [0.4, 0.5) is 4.79 Å². The zero-order valence-electron chi connectivity index (χ0n) is 16.8. The number of amides is 1. The van der Waals surface area contributed by atoms with Crippen molar-refractivity contribution in [3.63, 3.8) is 0 Å². The van der Waals surface area contributed by atoms with Crippen LogP contribution in [-0.2, 0) is 11.3 Å². The van der Waals surface area contributed by atoms with E-state index in [-0.39, 0.29) is 12.2 Å². The normalized spacial score (nSPS) is 21.0. The summed E-state index contributed by atoms with van der Waals surface area (Å²) in [6.07, 6.45) is 5.21. The number of nitrogens with one attached hydrogen (secondary N) is 1. The molecule has 0 unspecified atom stereocenters. The van der Waals surface area contributed by atoms with Crippen LogP contribution in [0.25, 0.3) is 0 Å². The summed E-state index contributed by atoms with van der Waals surface area (Å²) in [4.78, 5) is 15.8. The van der Waals surface area contributed by atoms with Crippen LogP contribution in [-0.4, -0.2) is 70.1 Å². The Bertz CT molecular complexity index is 574. The number of carbonyl (C=O) groups excluding carboxylic acids is 1. The van der Waals surface area contributed by atoms with Gasteiger partial charge in [0.2, 0.25) is 0 Å². The highest BCUT2D eigenvalue weighted by atomic mass is 16.6. The van der Waals surface area contributed by atoms with Gasteiger partial charge in [-0.25, -0.2) is 4.79 Å². The molecule has 148 valence electrons. The Hall–Kier alpha value is -1.60. The summed E-state index contributed by atoms with van der Waals surface area (Å²) in [7, 11) is 3.81. The average Bonchev–Trinajstić information content (AvgIpc) is 2.99. The molecule has 26 heavy (non-hydrogen) atoms. The SMILES string of the molecule is CN(CCN(C)C(=O)OC(C)(C)C)Cc1c[nH]nc1[C@H]1CC[C@@H](O)CC1. The minimum absolute atomic E-state index is 0.153. The molecule has 1 saturated carbocycles. The van der Waals surface area contributed by atoms with Crippen molar-refractivity contribution in [2.75, 3.05) is 27.2 Å². The number of aliphatic hydroxyl groups is 1. The van der Waals surface area contributed by atoms with Crippen molar-refractivity contribution in [3.8, 4) is 0 Å². The van der Waals surface area contributed by atoms with Crippen molar-refractivity contribution in [1.82, 2.24) is 20.0 Å². The monoisotopic (exact) mass is 366 g/mol. The highest BCUT2D eigenvalue weighted by molar-refractivity contribution is 5.67. The van der Waals surface area contributed by atoms with Gasteiger partial charge in [-0.3, -0.25) is 5.10 Å². The second-order valence-corrected chi connectivity index (χ2v) is 8.44. The molecule has 0 aliphatic heterocycles. The number of H-pyrrole nitrogens is 1. The third kappa shape index (κ3) is 6.29. The molecule has 0 saturated heterocycles. The number of ether oxygens (including phenoxy) is 1. The van der Waals surface area contributed by atoms with Crippen LogP contribution in [0.15, 0.2) is 6.20 Å². The summed E-state index contributed by atoms with van der Waals surface area (Å²) in [5, 5.41) is 17.2. The maximum Gasteiger partial charge on any atom is 0.410 e. The molecule has 0 spiro atoms. The quantitative estimate of drug-likeness (QED) is 0.809. The lowest BCUT2D eigenvalue weighted by atomic mass is 9.84. The van der Waals surface area contributed by atoms with Gasteiger partial charge in [0.05, 0.1) is 11.8 Å². The van der Waals surface area contributed by atoms with Gasteiger partial charge in [-0.15, -0.1) is 0 Å². The first-order valence-electron chi connectivity index (χ1n) is 9.49.